The third-order valence-corrected chi connectivity index (χ3v) is 2.46. The SMILES string of the molecule is CC(C)CNC(=O)CNC(=O)c1cc(F)c(N)c(F)c1. The van der Waals surface area contributed by atoms with Crippen LogP contribution < -0.4 is 16.4 Å². The molecular weight excluding hydrogens is 268 g/mol. The van der Waals surface area contributed by atoms with Gasteiger partial charge in [0.2, 0.25) is 5.91 Å². The number of nitrogens with one attached hydrogen (secondary N) is 2. The summed E-state index contributed by atoms with van der Waals surface area (Å²) >= 11 is 0. The number of hydrogen-bond donors (Lipinski definition) is 3. The molecule has 0 aliphatic rings. The van der Waals surface area contributed by atoms with Gasteiger partial charge >= 0.3 is 0 Å². The second-order valence-electron chi connectivity index (χ2n) is 4.73. The number of carbonyl (C=O) groups is 2. The highest BCUT2D eigenvalue weighted by molar-refractivity contribution is 5.96. The summed E-state index contributed by atoms with van der Waals surface area (Å²) in [6, 6.07) is 1.64. The lowest BCUT2D eigenvalue weighted by molar-refractivity contribution is -0.120. The number of carbonyl (C=O) groups excluding carboxylic acids is 2. The number of anilines is 1. The minimum absolute atomic E-state index is 0.231. The fourth-order valence-corrected chi connectivity index (χ4v) is 1.36. The van der Waals surface area contributed by atoms with Crippen molar-refractivity contribution in [2.45, 2.75) is 13.8 Å². The molecule has 4 N–H and O–H groups in total. The predicted octanol–water partition coefficient (Wildman–Crippen LogP) is 1.05. The summed E-state index contributed by atoms with van der Waals surface area (Å²) < 4.78 is 26.4. The smallest absolute Gasteiger partial charge is 0.251 e. The second-order valence-corrected chi connectivity index (χ2v) is 4.73. The van der Waals surface area contributed by atoms with Crippen LogP contribution >= 0.6 is 0 Å². The molecule has 0 aromatic heterocycles. The maximum atomic E-state index is 13.2. The third-order valence-electron chi connectivity index (χ3n) is 2.46. The molecule has 1 aromatic rings. The first-order valence-corrected chi connectivity index (χ1v) is 6.10. The molecule has 7 heteroatoms. The molecule has 5 nitrogen and oxygen atoms in total. The first-order valence-electron chi connectivity index (χ1n) is 6.10. The molecule has 0 aliphatic carbocycles. The summed E-state index contributed by atoms with van der Waals surface area (Å²) in [5, 5.41) is 4.87. The number of nitrogens with two attached hydrogens (primary N) is 1. The first kappa shape index (κ1) is 15.9. The van der Waals surface area contributed by atoms with E-state index < -0.39 is 23.2 Å². The minimum atomic E-state index is -1.01. The van der Waals surface area contributed by atoms with E-state index in [-0.39, 0.29) is 23.9 Å². The molecule has 0 fully saturated rings. The van der Waals surface area contributed by atoms with Gasteiger partial charge in [-0.25, -0.2) is 8.78 Å². The van der Waals surface area contributed by atoms with Crippen LogP contribution in [-0.4, -0.2) is 24.9 Å². The van der Waals surface area contributed by atoms with E-state index in [2.05, 4.69) is 10.6 Å². The fraction of sp³-hybridized carbons (Fsp3) is 0.385. The summed E-state index contributed by atoms with van der Waals surface area (Å²) in [6.45, 7) is 4.08. The van der Waals surface area contributed by atoms with Gasteiger partial charge in [-0.2, -0.15) is 0 Å². The fourth-order valence-electron chi connectivity index (χ4n) is 1.36. The Hall–Kier alpha value is -2.18. The molecule has 0 heterocycles. The average Bonchev–Trinajstić information content (AvgIpc) is 2.39. The number of benzene rings is 1. The number of hydrogen-bond acceptors (Lipinski definition) is 3. The molecule has 20 heavy (non-hydrogen) atoms. The molecule has 0 bridgehead atoms. The van der Waals surface area contributed by atoms with Crippen molar-refractivity contribution in [1.29, 1.82) is 0 Å². The lowest BCUT2D eigenvalue weighted by Gasteiger charge is -2.09. The molecule has 110 valence electrons. The summed E-state index contributed by atoms with van der Waals surface area (Å²) in [4.78, 5) is 23.0. The van der Waals surface area contributed by atoms with Gasteiger partial charge in [-0.15, -0.1) is 0 Å². The normalized spacial score (nSPS) is 10.4. The molecule has 0 unspecified atom stereocenters. The summed E-state index contributed by atoms with van der Waals surface area (Å²) in [7, 11) is 0. The van der Waals surface area contributed by atoms with Crippen molar-refractivity contribution >= 4 is 17.5 Å². The van der Waals surface area contributed by atoms with Crippen molar-refractivity contribution in [3.05, 3.63) is 29.3 Å². The summed E-state index contributed by atoms with van der Waals surface area (Å²) in [5.41, 5.74) is 4.22. The Morgan fingerprint density at radius 3 is 2.25 bits per heavy atom. The van der Waals surface area contributed by atoms with Gasteiger partial charge in [0.1, 0.15) is 17.3 Å². The van der Waals surface area contributed by atoms with Crippen LogP contribution in [0.2, 0.25) is 0 Å². The summed E-state index contributed by atoms with van der Waals surface area (Å²) in [5.74, 6) is -2.86. The zero-order chi connectivity index (χ0) is 15.3. The van der Waals surface area contributed by atoms with Crippen molar-refractivity contribution in [2.24, 2.45) is 5.92 Å². The van der Waals surface area contributed by atoms with Gasteiger partial charge in [0.25, 0.3) is 5.91 Å². The maximum absolute atomic E-state index is 13.2. The first-order chi connectivity index (χ1) is 9.31. The van der Waals surface area contributed by atoms with Crippen LogP contribution in [0.4, 0.5) is 14.5 Å². The molecule has 0 saturated heterocycles. The highest BCUT2D eigenvalue weighted by atomic mass is 19.1. The van der Waals surface area contributed by atoms with Crippen molar-refractivity contribution in [3.63, 3.8) is 0 Å². The van der Waals surface area contributed by atoms with Crippen LogP contribution in [0.1, 0.15) is 24.2 Å². The molecule has 2 amide bonds. The number of nitrogen functional groups attached to an aromatic ring is 1. The van der Waals surface area contributed by atoms with E-state index in [1.165, 1.54) is 0 Å². The molecule has 0 atom stereocenters. The van der Waals surface area contributed by atoms with Gasteiger partial charge in [-0.1, -0.05) is 13.8 Å². The largest absolute Gasteiger partial charge is 0.394 e. The van der Waals surface area contributed by atoms with Crippen molar-refractivity contribution in [2.75, 3.05) is 18.8 Å². The Kier molecular flexibility index (Phi) is 5.42. The molecule has 0 radical (unpaired) electrons. The average molecular weight is 285 g/mol. The Balaban J connectivity index is 2.57. The molecule has 0 saturated carbocycles. The van der Waals surface area contributed by atoms with Crippen molar-refractivity contribution in [1.82, 2.24) is 10.6 Å². The van der Waals surface area contributed by atoms with Crippen LogP contribution in [0.5, 0.6) is 0 Å². The van der Waals surface area contributed by atoms with Crippen LogP contribution in [0.3, 0.4) is 0 Å². The van der Waals surface area contributed by atoms with E-state index >= 15 is 0 Å². The van der Waals surface area contributed by atoms with Crippen LogP contribution in [0.25, 0.3) is 0 Å². The van der Waals surface area contributed by atoms with E-state index in [1.807, 2.05) is 13.8 Å². The van der Waals surface area contributed by atoms with E-state index in [4.69, 9.17) is 5.73 Å². The van der Waals surface area contributed by atoms with Gasteiger partial charge in [0.05, 0.1) is 6.54 Å². The number of amides is 2. The zero-order valence-corrected chi connectivity index (χ0v) is 11.3. The van der Waals surface area contributed by atoms with Crippen LogP contribution in [-0.2, 0) is 4.79 Å². The zero-order valence-electron chi connectivity index (χ0n) is 11.3. The van der Waals surface area contributed by atoms with Gasteiger partial charge in [-0.3, -0.25) is 9.59 Å². The van der Waals surface area contributed by atoms with Gasteiger partial charge < -0.3 is 16.4 Å². The van der Waals surface area contributed by atoms with Gasteiger partial charge in [0, 0.05) is 12.1 Å². The Morgan fingerprint density at radius 1 is 1.20 bits per heavy atom. The van der Waals surface area contributed by atoms with E-state index in [0.717, 1.165) is 12.1 Å². The van der Waals surface area contributed by atoms with E-state index in [0.29, 0.717) is 6.54 Å². The predicted molar refractivity (Wildman–Crippen MR) is 71.0 cm³/mol. The molecule has 0 aliphatic heterocycles. The topological polar surface area (TPSA) is 84.2 Å². The highest BCUT2D eigenvalue weighted by Gasteiger charge is 2.14. The number of rotatable bonds is 5. The minimum Gasteiger partial charge on any atom is -0.394 e. The van der Waals surface area contributed by atoms with Gasteiger partial charge in [-0.05, 0) is 18.1 Å². The lowest BCUT2D eigenvalue weighted by atomic mass is 10.1. The van der Waals surface area contributed by atoms with Crippen LogP contribution in [0.15, 0.2) is 12.1 Å². The van der Waals surface area contributed by atoms with Gasteiger partial charge in [0.15, 0.2) is 0 Å². The monoisotopic (exact) mass is 285 g/mol. The van der Waals surface area contributed by atoms with E-state index in [1.54, 1.807) is 0 Å². The third kappa shape index (κ3) is 4.49. The molecular formula is C13H17F2N3O2. The van der Waals surface area contributed by atoms with Crippen molar-refractivity contribution in [3.8, 4) is 0 Å². The standard InChI is InChI=1S/C13H17F2N3O2/c1-7(2)5-17-11(19)6-18-13(20)8-3-9(14)12(16)10(15)4-8/h3-4,7H,5-6,16H2,1-2H3,(H,17,19)(H,18,20). The Morgan fingerprint density at radius 2 is 1.75 bits per heavy atom. The maximum Gasteiger partial charge on any atom is 0.251 e. The number of halogens is 2. The molecule has 1 aromatic carbocycles. The van der Waals surface area contributed by atoms with Crippen LogP contribution in [0, 0.1) is 17.6 Å². The molecule has 0 spiro atoms. The quantitative estimate of drug-likeness (QED) is 0.707. The van der Waals surface area contributed by atoms with Crippen molar-refractivity contribution < 1.29 is 18.4 Å². The second kappa shape index (κ2) is 6.83. The Labute approximate surface area is 115 Å². The summed E-state index contributed by atoms with van der Waals surface area (Å²) in [6.07, 6.45) is 0. The van der Waals surface area contributed by atoms with E-state index in [9.17, 15) is 18.4 Å². The highest BCUT2D eigenvalue weighted by Crippen LogP contribution is 2.16. The Bertz CT molecular complexity index is 495. The molecule has 1 rings (SSSR count). The lowest BCUT2D eigenvalue weighted by Crippen LogP contribution is -2.38.